The molecule has 2 aromatic rings. The molecule has 1 aromatic carbocycles. The molecular weight excluding hydrogens is 186 g/mol. The Hall–Kier alpha value is -0.580. The minimum atomic E-state index is 0. The molecular formula is C8H12N2P2. The predicted octanol–water partition coefficient (Wildman–Crippen LogP) is 2.43. The van der Waals surface area contributed by atoms with Gasteiger partial charge in [0.2, 0.25) is 0 Å². The lowest BCUT2D eigenvalue weighted by atomic mass is 10.3. The lowest BCUT2D eigenvalue weighted by Gasteiger charge is -1.88. The molecule has 2 rings (SSSR count). The van der Waals surface area contributed by atoms with Crippen molar-refractivity contribution in [3.63, 3.8) is 0 Å². The third-order valence-electron chi connectivity index (χ3n) is 1.69. The summed E-state index contributed by atoms with van der Waals surface area (Å²) < 4.78 is 0. The van der Waals surface area contributed by atoms with Crippen molar-refractivity contribution >= 4 is 36.0 Å². The van der Waals surface area contributed by atoms with E-state index in [2.05, 4.69) is 37.7 Å². The largest absolute Gasteiger partial charge is 0.356 e. The first-order chi connectivity index (χ1) is 5.40. The molecule has 0 saturated heterocycles. The average Bonchev–Trinajstić information content (AvgIpc) is 2.46. The lowest BCUT2D eigenvalue weighted by Crippen LogP contribution is -1.74. The Balaban J connectivity index is 0.000000720. The molecule has 0 fully saturated rings. The summed E-state index contributed by atoms with van der Waals surface area (Å²) in [6.07, 6.45) is 0. The van der Waals surface area contributed by atoms with E-state index < -0.39 is 0 Å². The molecule has 2 nitrogen and oxygen atoms in total. The summed E-state index contributed by atoms with van der Waals surface area (Å²) in [5, 5.41) is 4.21. The zero-order chi connectivity index (χ0) is 7.68. The quantitative estimate of drug-likeness (QED) is 0.676. The molecule has 0 radical (unpaired) electrons. The summed E-state index contributed by atoms with van der Waals surface area (Å²) in [7, 11) is 2.46. The number of aromatic amines is 1. The van der Waals surface area contributed by atoms with Crippen molar-refractivity contribution in [1.29, 1.82) is 0 Å². The van der Waals surface area contributed by atoms with Gasteiger partial charge in [0.1, 0.15) is 5.82 Å². The highest BCUT2D eigenvalue weighted by Gasteiger charge is 1.95. The summed E-state index contributed by atoms with van der Waals surface area (Å²) in [5.41, 5.74) is 1.16. The van der Waals surface area contributed by atoms with E-state index in [1.165, 1.54) is 5.39 Å². The molecule has 12 heavy (non-hydrogen) atoms. The smallest absolute Gasteiger partial charge is 0.107 e. The number of rotatable bonds is 1. The number of hydrogen-bond acceptors (Lipinski definition) is 1. The molecule has 0 amide bonds. The van der Waals surface area contributed by atoms with Gasteiger partial charge in [0.05, 0.1) is 0 Å². The third-order valence-corrected chi connectivity index (χ3v) is 2.00. The fourth-order valence-corrected chi connectivity index (χ4v) is 1.31. The minimum Gasteiger partial charge on any atom is -0.356 e. The van der Waals surface area contributed by atoms with Gasteiger partial charge in [0.15, 0.2) is 0 Å². The van der Waals surface area contributed by atoms with Gasteiger partial charge in [0.25, 0.3) is 0 Å². The van der Waals surface area contributed by atoms with Crippen LogP contribution in [0, 0.1) is 0 Å². The molecule has 0 aliphatic heterocycles. The van der Waals surface area contributed by atoms with E-state index in [1.54, 1.807) is 0 Å². The van der Waals surface area contributed by atoms with Crippen LogP contribution < -0.4 is 5.09 Å². The molecule has 1 heterocycles. The van der Waals surface area contributed by atoms with Crippen LogP contribution in [0.1, 0.15) is 0 Å². The molecule has 0 saturated carbocycles. The van der Waals surface area contributed by atoms with Crippen molar-refractivity contribution in [3.8, 4) is 0 Å². The Labute approximate surface area is 77.0 Å². The van der Waals surface area contributed by atoms with Crippen LogP contribution in [0.4, 0.5) is 5.82 Å². The first kappa shape index (κ1) is 9.51. The van der Waals surface area contributed by atoms with E-state index in [1.807, 2.05) is 12.1 Å². The van der Waals surface area contributed by atoms with E-state index in [-0.39, 0.29) is 9.90 Å². The van der Waals surface area contributed by atoms with Gasteiger partial charge in [-0.1, -0.05) is 18.2 Å². The van der Waals surface area contributed by atoms with E-state index in [4.69, 9.17) is 0 Å². The van der Waals surface area contributed by atoms with E-state index in [0.717, 1.165) is 11.3 Å². The van der Waals surface area contributed by atoms with Crippen LogP contribution in [-0.4, -0.2) is 4.98 Å². The van der Waals surface area contributed by atoms with Crippen molar-refractivity contribution in [3.05, 3.63) is 30.3 Å². The summed E-state index contributed by atoms with van der Waals surface area (Å²) in [5.74, 6) is 1.02. The van der Waals surface area contributed by atoms with Crippen LogP contribution in [0.15, 0.2) is 30.3 Å². The van der Waals surface area contributed by atoms with Gasteiger partial charge in [-0.3, -0.25) is 0 Å². The highest BCUT2D eigenvalue weighted by Crippen LogP contribution is 2.18. The van der Waals surface area contributed by atoms with Gasteiger partial charge in [-0.05, 0) is 21.5 Å². The predicted molar refractivity (Wildman–Crippen MR) is 62.7 cm³/mol. The maximum atomic E-state index is 3.21. The maximum absolute atomic E-state index is 3.21. The first-order valence-corrected chi connectivity index (χ1v) is 4.02. The Morgan fingerprint density at radius 2 is 2.00 bits per heavy atom. The van der Waals surface area contributed by atoms with Crippen LogP contribution >= 0.6 is 19.3 Å². The number of hydrogen-bond donors (Lipinski definition) is 2. The molecule has 64 valence electrons. The molecule has 2 N–H and O–H groups in total. The molecule has 0 aliphatic carbocycles. The van der Waals surface area contributed by atoms with Crippen molar-refractivity contribution in [2.24, 2.45) is 0 Å². The van der Waals surface area contributed by atoms with Gasteiger partial charge in [-0.25, -0.2) is 0 Å². The normalized spacial score (nSPS) is 9.42. The summed E-state index contributed by atoms with van der Waals surface area (Å²) in [6.45, 7) is 0. The van der Waals surface area contributed by atoms with Crippen molar-refractivity contribution in [2.75, 3.05) is 5.09 Å². The molecule has 2 unspecified atom stereocenters. The number of para-hydroxylation sites is 1. The Morgan fingerprint density at radius 3 is 2.67 bits per heavy atom. The van der Waals surface area contributed by atoms with Crippen molar-refractivity contribution < 1.29 is 0 Å². The minimum absolute atomic E-state index is 0. The van der Waals surface area contributed by atoms with Crippen molar-refractivity contribution in [2.45, 2.75) is 0 Å². The molecule has 0 spiro atoms. The third kappa shape index (κ3) is 1.60. The number of aromatic nitrogens is 1. The number of fused-ring (bicyclic) bond motifs is 1. The highest BCUT2D eigenvalue weighted by atomic mass is 31.0. The maximum Gasteiger partial charge on any atom is 0.107 e. The van der Waals surface area contributed by atoms with Crippen LogP contribution in [0.2, 0.25) is 0 Å². The van der Waals surface area contributed by atoms with Crippen LogP contribution in [0.25, 0.3) is 10.9 Å². The number of H-pyrrole nitrogens is 1. The van der Waals surface area contributed by atoms with E-state index >= 15 is 0 Å². The van der Waals surface area contributed by atoms with Crippen LogP contribution in [0.5, 0.6) is 0 Å². The summed E-state index contributed by atoms with van der Waals surface area (Å²) >= 11 is 0. The van der Waals surface area contributed by atoms with E-state index in [0.29, 0.717) is 0 Å². The number of anilines is 1. The zero-order valence-corrected chi connectivity index (χ0v) is 9.24. The first-order valence-electron chi connectivity index (χ1n) is 3.44. The van der Waals surface area contributed by atoms with E-state index in [9.17, 15) is 0 Å². The molecule has 1 aromatic heterocycles. The van der Waals surface area contributed by atoms with Gasteiger partial charge < -0.3 is 10.1 Å². The van der Waals surface area contributed by atoms with Gasteiger partial charge >= 0.3 is 0 Å². The second-order valence-electron chi connectivity index (χ2n) is 2.41. The lowest BCUT2D eigenvalue weighted by molar-refractivity contribution is 1.47. The summed E-state index contributed by atoms with van der Waals surface area (Å²) in [4.78, 5) is 3.21. The monoisotopic (exact) mass is 198 g/mol. The Bertz CT molecular complexity index is 337. The fraction of sp³-hybridized carbons (Fsp3) is 0. The topological polar surface area (TPSA) is 27.8 Å². The number of benzene rings is 1. The van der Waals surface area contributed by atoms with Crippen LogP contribution in [0.3, 0.4) is 0 Å². The van der Waals surface area contributed by atoms with Gasteiger partial charge in [-0.2, -0.15) is 9.90 Å². The van der Waals surface area contributed by atoms with Gasteiger partial charge in [-0.15, -0.1) is 0 Å². The standard InChI is InChI=1S/C8H9N2P.H3P/c11-10-8-5-6-3-1-2-4-7(6)9-8;/h1-5,9-10H,11H2;1H3. The second-order valence-corrected chi connectivity index (χ2v) is 2.70. The van der Waals surface area contributed by atoms with Crippen molar-refractivity contribution in [1.82, 2.24) is 4.98 Å². The zero-order valence-electron chi connectivity index (χ0n) is 6.67. The molecule has 0 aliphatic rings. The SMILES string of the molecule is P.PNc1cc2ccccc2[nH]1. The molecule has 4 heteroatoms. The summed E-state index contributed by atoms with van der Waals surface area (Å²) in [6, 6.07) is 10.3. The fourth-order valence-electron chi connectivity index (χ4n) is 1.15. The van der Waals surface area contributed by atoms with Gasteiger partial charge in [0, 0.05) is 10.9 Å². The average molecular weight is 198 g/mol. The highest BCUT2D eigenvalue weighted by molar-refractivity contribution is 7.18. The molecule has 0 bridgehead atoms. The number of nitrogens with one attached hydrogen (secondary N) is 2. The Kier molecular flexibility index (Phi) is 3.08. The second kappa shape index (κ2) is 3.89. The van der Waals surface area contributed by atoms with Crippen LogP contribution in [-0.2, 0) is 0 Å². The Morgan fingerprint density at radius 1 is 1.25 bits per heavy atom. The molecule has 2 atom stereocenters.